The highest BCUT2D eigenvalue weighted by molar-refractivity contribution is 7.17. The number of rotatable bonds is 5. The number of benzene rings is 1. The second-order valence-electron chi connectivity index (χ2n) is 6.75. The molecule has 27 heavy (non-hydrogen) atoms. The third-order valence-electron chi connectivity index (χ3n) is 4.57. The normalized spacial score (nSPS) is 21.3. The van der Waals surface area contributed by atoms with Gasteiger partial charge in [0.05, 0.1) is 18.4 Å². The van der Waals surface area contributed by atoms with E-state index in [9.17, 15) is 14.5 Å². The summed E-state index contributed by atoms with van der Waals surface area (Å²) in [6, 6.07) is 5.49. The number of hydrogen-bond donors (Lipinski definition) is 1. The first-order chi connectivity index (χ1) is 13.0. The molecule has 9 heteroatoms. The topological polar surface area (TPSA) is 97.6 Å². The van der Waals surface area contributed by atoms with E-state index in [1.165, 1.54) is 9.58 Å². The molecule has 1 aromatic heterocycles. The van der Waals surface area contributed by atoms with E-state index in [1.807, 2.05) is 19.1 Å². The minimum absolute atomic E-state index is 0.0153. The molecule has 0 radical (unpaired) electrons. The first-order valence-corrected chi connectivity index (χ1v) is 9.26. The van der Waals surface area contributed by atoms with E-state index in [0.717, 1.165) is 18.4 Å². The number of aliphatic hydroxyl groups is 1. The number of anilines is 1. The fourth-order valence-electron chi connectivity index (χ4n) is 3.03. The van der Waals surface area contributed by atoms with E-state index < -0.39 is 20.2 Å². The number of carbonyl (C=O) groups is 1. The Hall–Kier alpha value is -2.59. The molecule has 1 atom stereocenters. The lowest BCUT2D eigenvalue weighted by Crippen LogP contribution is -2.39. The summed E-state index contributed by atoms with van der Waals surface area (Å²) in [5.74, 6) is 5.62. The molecule has 138 valence electrons. The molecule has 1 saturated carbocycles. The van der Waals surface area contributed by atoms with Crippen LogP contribution in [0.4, 0.5) is 5.69 Å². The van der Waals surface area contributed by atoms with Gasteiger partial charge in [0.1, 0.15) is 5.69 Å². The standard InChI is InChI=1S/C18H17N4O4P/c1-12-2-5-16-15(8-12)18(24,7-6-13-3-4-13)17(23)22(16)10-14-9-21(20-19-14)11-26-27-25/h2,5,8-9,13,24H,3-4,10-11H2,1H3. The van der Waals surface area contributed by atoms with Crippen LogP contribution in [0.2, 0.25) is 0 Å². The maximum atomic E-state index is 13.1. The van der Waals surface area contributed by atoms with Crippen molar-refractivity contribution in [1.29, 1.82) is 0 Å². The molecule has 1 N–H and O–H groups in total. The predicted molar refractivity (Wildman–Crippen MR) is 95.5 cm³/mol. The molecule has 1 unspecified atom stereocenters. The number of fused-ring (bicyclic) bond motifs is 1. The van der Waals surface area contributed by atoms with Crippen LogP contribution < -0.4 is 4.90 Å². The number of aromatic nitrogens is 3. The fraction of sp³-hybridized carbons (Fsp3) is 0.389. The summed E-state index contributed by atoms with van der Waals surface area (Å²) in [6.07, 6.45) is 3.62. The van der Waals surface area contributed by atoms with E-state index in [2.05, 4.69) is 22.2 Å². The van der Waals surface area contributed by atoms with E-state index in [1.54, 1.807) is 12.3 Å². The van der Waals surface area contributed by atoms with Crippen LogP contribution in [-0.2, 0) is 32.8 Å². The van der Waals surface area contributed by atoms with Gasteiger partial charge in [-0.3, -0.25) is 9.32 Å². The van der Waals surface area contributed by atoms with Crippen molar-refractivity contribution >= 4 is 20.3 Å². The molecule has 4 rings (SSSR count). The smallest absolute Gasteiger partial charge is 0.329 e. The number of nitrogens with zero attached hydrogens (tertiary/aromatic N) is 4. The molecule has 1 fully saturated rings. The SMILES string of the molecule is Cc1ccc2c(c1)C(O)(C#CC1CC1)C(=O)N2Cc1cn(COP=O)nn1. The maximum absolute atomic E-state index is 13.1. The predicted octanol–water partition coefficient (Wildman–Crippen LogP) is 1.92. The van der Waals surface area contributed by atoms with Crippen LogP contribution in [0.1, 0.15) is 29.7 Å². The molecule has 1 aliphatic carbocycles. The van der Waals surface area contributed by atoms with Gasteiger partial charge < -0.3 is 10.0 Å². The summed E-state index contributed by atoms with van der Waals surface area (Å²) >= 11 is 0. The van der Waals surface area contributed by atoms with Gasteiger partial charge in [-0.25, -0.2) is 9.25 Å². The van der Waals surface area contributed by atoms with Crippen molar-refractivity contribution in [2.45, 2.75) is 38.6 Å². The highest BCUT2D eigenvalue weighted by Gasteiger charge is 2.49. The zero-order valence-electron chi connectivity index (χ0n) is 14.6. The second-order valence-corrected chi connectivity index (χ2v) is 7.16. The quantitative estimate of drug-likeness (QED) is 0.625. The summed E-state index contributed by atoms with van der Waals surface area (Å²) in [5, 5.41) is 19.0. The molecule has 2 heterocycles. The average molecular weight is 384 g/mol. The molecule has 1 aromatic carbocycles. The Balaban J connectivity index is 1.65. The molecule has 1 amide bonds. The van der Waals surface area contributed by atoms with Gasteiger partial charge in [-0.15, -0.1) is 5.10 Å². The van der Waals surface area contributed by atoms with Crippen LogP contribution in [0.3, 0.4) is 0 Å². The van der Waals surface area contributed by atoms with Crippen LogP contribution in [0.5, 0.6) is 0 Å². The summed E-state index contributed by atoms with van der Waals surface area (Å²) in [4.78, 5) is 14.5. The zero-order chi connectivity index (χ0) is 19.0. The molecule has 8 nitrogen and oxygen atoms in total. The van der Waals surface area contributed by atoms with Crippen molar-refractivity contribution in [3.63, 3.8) is 0 Å². The van der Waals surface area contributed by atoms with E-state index in [0.29, 0.717) is 16.9 Å². The van der Waals surface area contributed by atoms with Crippen molar-refractivity contribution in [2.75, 3.05) is 4.90 Å². The Morgan fingerprint density at radius 3 is 3.00 bits per heavy atom. The van der Waals surface area contributed by atoms with Crippen molar-refractivity contribution in [3.05, 3.63) is 41.2 Å². The maximum Gasteiger partial charge on any atom is 0.329 e. The van der Waals surface area contributed by atoms with Gasteiger partial charge in [0, 0.05) is 11.5 Å². The Morgan fingerprint density at radius 1 is 1.44 bits per heavy atom. The summed E-state index contributed by atoms with van der Waals surface area (Å²) in [5.41, 5.74) is 0.726. The highest BCUT2D eigenvalue weighted by Crippen LogP contribution is 2.41. The van der Waals surface area contributed by atoms with Crippen molar-refractivity contribution < 1.29 is 19.0 Å². The van der Waals surface area contributed by atoms with E-state index >= 15 is 0 Å². The zero-order valence-corrected chi connectivity index (χ0v) is 15.5. The number of hydrogen-bond acceptors (Lipinski definition) is 6. The lowest BCUT2D eigenvalue weighted by Gasteiger charge is -2.17. The molecule has 1 aliphatic heterocycles. The van der Waals surface area contributed by atoms with Gasteiger partial charge in [0.25, 0.3) is 5.91 Å². The largest absolute Gasteiger partial charge is 0.366 e. The lowest BCUT2D eigenvalue weighted by molar-refractivity contribution is -0.130. The Kier molecular flexibility index (Phi) is 4.52. The fourth-order valence-corrected chi connectivity index (χ4v) is 3.19. The van der Waals surface area contributed by atoms with Crippen molar-refractivity contribution in [1.82, 2.24) is 15.0 Å². The molecule has 0 saturated heterocycles. The molecule has 2 aromatic rings. The van der Waals surface area contributed by atoms with Gasteiger partial charge in [-0.1, -0.05) is 28.7 Å². The van der Waals surface area contributed by atoms with E-state index in [-0.39, 0.29) is 19.2 Å². The van der Waals surface area contributed by atoms with Crippen molar-refractivity contribution in [3.8, 4) is 11.8 Å². The molecular weight excluding hydrogens is 367 g/mol. The summed E-state index contributed by atoms with van der Waals surface area (Å²) < 4.78 is 16.5. The second kappa shape index (κ2) is 6.86. The highest BCUT2D eigenvalue weighted by atomic mass is 31.1. The van der Waals surface area contributed by atoms with Crippen LogP contribution in [0.15, 0.2) is 24.4 Å². The van der Waals surface area contributed by atoms with Gasteiger partial charge >= 0.3 is 8.69 Å². The molecule has 0 spiro atoms. The third-order valence-corrected chi connectivity index (χ3v) is 4.79. The van der Waals surface area contributed by atoms with Crippen LogP contribution in [-0.4, -0.2) is 26.0 Å². The van der Waals surface area contributed by atoms with Crippen LogP contribution in [0, 0.1) is 24.7 Å². The van der Waals surface area contributed by atoms with Crippen LogP contribution >= 0.6 is 8.69 Å². The Labute approximate surface area is 157 Å². The van der Waals surface area contributed by atoms with Gasteiger partial charge in [-0.2, -0.15) is 0 Å². The minimum Gasteiger partial charge on any atom is -0.366 e. The molecule has 2 aliphatic rings. The third kappa shape index (κ3) is 3.37. The first-order valence-electron chi connectivity index (χ1n) is 8.53. The lowest BCUT2D eigenvalue weighted by atomic mass is 9.94. The van der Waals surface area contributed by atoms with Gasteiger partial charge in [0.2, 0.25) is 5.60 Å². The minimum atomic E-state index is -1.84. The van der Waals surface area contributed by atoms with Gasteiger partial charge in [-0.05, 0) is 31.9 Å². The summed E-state index contributed by atoms with van der Waals surface area (Å²) in [6.45, 7) is 2.03. The Morgan fingerprint density at radius 2 is 2.26 bits per heavy atom. The number of carbonyl (C=O) groups excluding carboxylic acids is 1. The van der Waals surface area contributed by atoms with Crippen molar-refractivity contribution in [2.24, 2.45) is 5.92 Å². The molecule has 0 bridgehead atoms. The average Bonchev–Trinajstić information content (AvgIpc) is 3.35. The number of aryl methyl sites for hydroxylation is 1. The Bertz CT molecular complexity index is 975. The monoisotopic (exact) mass is 384 g/mol. The number of amides is 1. The molecular formula is C18H17N4O4P. The van der Waals surface area contributed by atoms with Crippen LogP contribution in [0.25, 0.3) is 0 Å². The van der Waals surface area contributed by atoms with Gasteiger partial charge in [0.15, 0.2) is 6.73 Å². The van der Waals surface area contributed by atoms with E-state index in [4.69, 9.17) is 4.52 Å². The first kappa shape index (κ1) is 17.8. The summed E-state index contributed by atoms with van der Waals surface area (Å²) in [7, 11) is -0.448.